The van der Waals surface area contributed by atoms with Crippen LogP contribution in [-0.2, 0) is 34.0 Å². The van der Waals surface area contributed by atoms with Crippen LogP contribution in [0, 0.1) is 0 Å². The second kappa shape index (κ2) is 14.3. The summed E-state index contributed by atoms with van der Waals surface area (Å²) in [5, 5.41) is 3.36. The molecule has 0 amide bonds. The van der Waals surface area contributed by atoms with Crippen molar-refractivity contribution in [3.8, 4) is 22.6 Å². The molecule has 0 saturated carbocycles. The Morgan fingerprint density at radius 3 is 2.04 bits per heavy atom. The Bertz CT molecular complexity index is 2870. The summed E-state index contributed by atoms with van der Waals surface area (Å²) < 4.78 is 67.6. The van der Waals surface area contributed by atoms with Crippen molar-refractivity contribution in [3.63, 3.8) is 0 Å². The third-order valence-corrected chi connectivity index (χ3v) is 12.7. The summed E-state index contributed by atoms with van der Waals surface area (Å²) >= 11 is 0. The highest BCUT2D eigenvalue weighted by atomic mass is 32.2. The molecular formula is C42H36N2O10S2. The van der Waals surface area contributed by atoms with Gasteiger partial charge in [0.2, 0.25) is 0 Å². The van der Waals surface area contributed by atoms with Crippen molar-refractivity contribution in [2.75, 3.05) is 19.5 Å². The fourth-order valence-electron chi connectivity index (χ4n) is 6.69. The molecule has 0 fully saturated rings. The van der Waals surface area contributed by atoms with Crippen LogP contribution in [0.5, 0.6) is 11.5 Å². The van der Waals surface area contributed by atoms with Crippen LogP contribution >= 0.6 is 0 Å². The van der Waals surface area contributed by atoms with E-state index in [-0.39, 0.29) is 65.7 Å². The summed E-state index contributed by atoms with van der Waals surface area (Å²) in [4.78, 5) is 45.5. The minimum absolute atomic E-state index is 0.0262. The van der Waals surface area contributed by atoms with Crippen molar-refractivity contribution >= 4 is 54.1 Å². The Morgan fingerprint density at radius 1 is 0.750 bits per heavy atom. The second-order valence-electron chi connectivity index (χ2n) is 13.7. The highest BCUT2D eigenvalue weighted by Crippen LogP contribution is 2.48. The van der Waals surface area contributed by atoms with E-state index < -0.39 is 42.8 Å². The summed E-state index contributed by atoms with van der Waals surface area (Å²) in [5.41, 5.74) is 0.936. The van der Waals surface area contributed by atoms with Gasteiger partial charge in [0.15, 0.2) is 17.3 Å². The van der Waals surface area contributed by atoms with Gasteiger partial charge in [-0.2, -0.15) is 16.8 Å². The summed E-state index contributed by atoms with van der Waals surface area (Å²) in [7, 11) is -6.28. The molecular weight excluding hydrogens is 757 g/mol. The molecule has 0 bridgehead atoms. The number of hydrogen-bond acceptors (Lipinski definition) is 11. The van der Waals surface area contributed by atoms with Crippen LogP contribution in [-0.4, -0.2) is 47.6 Å². The van der Waals surface area contributed by atoms with Crippen LogP contribution in [0.3, 0.4) is 0 Å². The summed E-state index contributed by atoms with van der Waals surface area (Å²) in [5.74, 6) is -1.22. The molecule has 0 aliphatic heterocycles. The quantitative estimate of drug-likeness (QED) is 0.0910. The molecule has 14 heteroatoms. The first-order valence-corrected chi connectivity index (χ1v) is 20.2. The topological polar surface area (TPSA) is 175 Å². The molecule has 1 aromatic heterocycles. The molecule has 12 nitrogen and oxygen atoms in total. The predicted octanol–water partition coefficient (Wildman–Crippen LogP) is 7.86. The maximum Gasteiger partial charge on any atom is 0.300 e. The van der Waals surface area contributed by atoms with E-state index >= 15 is 0 Å². The smallest absolute Gasteiger partial charge is 0.300 e. The lowest BCUT2D eigenvalue weighted by Crippen LogP contribution is -2.24. The van der Waals surface area contributed by atoms with Gasteiger partial charge in [0.1, 0.15) is 10.6 Å². The Labute approximate surface area is 323 Å². The minimum Gasteiger partial charge on any atom is -0.454 e. The largest absolute Gasteiger partial charge is 0.454 e. The normalized spacial score (nSPS) is 12.7. The molecule has 0 spiro atoms. The molecule has 56 heavy (non-hydrogen) atoms. The predicted molar refractivity (Wildman–Crippen MR) is 211 cm³/mol. The zero-order chi connectivity index (χ0) is 40.2. The van der Waals surface area contributed by atoms with Gasteiger partial charge in [0.25, 0.3) is 25.8 Å². The van der Waals surface area contributed by atoms with E-state index in [4.69, 9.17) is 8.92 Å². The second-order valence-corrected chi connectivity index (χ2v) is 17.1. The van der Waals surface area contributed by atoms with Crippen LogP contribution in [0.25, 0.3) is 22.0 Å². The van der Waals surface area contributed by atoms with E-state index in [2.05, 4.69) is 14.5 Å². The Balaban J connectivity index is 1.55. The SMILES string of the molecule is CCC(C)(C)c1ccc(Oc2cc(Nc3ccc(S(=O)(=O)OC)cc3)c3c4c(c(C(=O)c5ccccc5)c(=O)[nH]c24)-c2ccccc2C3=O)c(S(=O)(=O)OC)c1. The molecule has 0 atom stereocenters. The van der Waals surface area contributed by atoms with Crippen molar-refractivity contribution in [3.05, 3.63) is 141 Å². The first-order chi connectivity index (χ1) is 26.6. The van der Waals surface area contributed by atoms with Crippen molar-refractivity contribution in [2.45, 2.75) is 42.4 Å². The van der Waals surface area contributed by atoms with E-state index in [1.165, 1.54) is 42.5 Å². The van der Waals surface area contributed by atoms with Crippen molar-refractivity contribution in [1.29, 1.82) is 0 Å². The number of rotatable bonds is 12. The number of anilines is 2. The molecule has 0 radical (unpaired) electrons. The highest BCUT2D eigenvalue weighted by Gasteiger charge is 2.35. The van der Waals surface area contributed by atoms with Gasteiger partial charge in [0.05, 0.1) is 41.4 Å². The number of carbonyl (C=O) groups excluding carboxylic acids is 2. The number of benzene rings is 5. The fraction of sp³-hybridized carbons (Fsp3) is 0.167. The number of pyridine rings is 1. The maximum absolute atomic E-state index is 14.6. The molecule has 7 rings (SSSR count). The number of H-pyrrole nitrogens is 1. The average Bonchev–Trinajstić information content (AvgIpc) is 3.20. The number of carbonyl (C=O) groups is 2. The molecule has 286 valence electrons. The third kappa shape index (κ3) is 6.60. The Morgan fingerprint density at radius 2 is 1.39 bits per heavy atom. The number of fused-ring (bicyclic) bond motifs is 2. The first-order valence-electron chi connectivity index (χ1n) is 17.4. The number of aromatic amines is 1. The first kappa shape index (κ1) is 38.3. The third-order valence-electron chi connectivity index (χ3n) is 10.1. The van der Waals surface area contributed by atoms with Gasteiger partial charge < -0.3 is 15.0 Å². The Kier molecular flexibility index (Phi) is 9.79. The number of hydrogen-bond donors (Lipinski definition) is 2. The molecule has 0 saturated heterocycles. The Hall–Kier alpha value is -5.93. The molecule has 1 aliphatic carbocycles. The number of aromatic nitrogens is 1. The summed E-state index contributed by atoms with van der Waals surface area (Å²) in [6, 6.07) is 26.6. The van der Waals surface area contributed by atoms with Gasteiger partial charge >= 0.3 is 0 Å². The van der Waals surface area contributed by atoms with Crippen LogP contribution in [0.1, 0.15) is 64.6 Å². The molecule has 1 aliphatic rings. The number of nitrogens with one attached hydrogen (secondary N) is 2. The van der Waals surface area contributed by atoms with Gasteiger partial charge in [-0.3, -0.25) is 22.7 Å². The van der Waals surface area contributed by atoms with Gasteiger partial charge in [-0.25, -0.2) is 0 Å². The van der Waals surface area contributed by atoms with E-state index in [0.717, 1.165) is 14.2 Å². The summed E-state index contributed by atoms with van der Waals surface area (Å²) in [6.45, 7) is 5.93. The van der Waals surface area contributed by atoms with Gasteiger partial charge in [-0.05, 0) is 59.4 Å². The zero-order valence-electron chi connectivity index (χ0n) is 30.9. The summed E-state index contributed by atoms with van der Waals surface area (Å²) in [6.07, 6.45) is 0.697. The van der Waals surface area contributed by atoms with Crippen LogP contribution in [0.2, 0.25) is 0 Å². The monoisotopic (exact) mass is 792 g/mol. The van der Waals surface area contributed by atoms with Crippen molar-refractivity contribution in [1.82, 2.24) is 4.98 Å². The van der Waals surface area contributed by atoms with E-state index in [0.29, 0.717) is 23.2 Å². The van der Waals surface area contributed by atoms with Gasteiger partial charge in [-0.1, -0.05) is 81.4 Å². The van der Waals surface area contributed by atoms with Crippen LogP contribution < -0.4 is 15.6 Å². The van der Waals surface area contributed by atoms with Crippen molar-refractivity contribution < 1.29 is 39.5 Å². The van der Waals surface area contributed by atoms with Gasteiger partial charge in [-0.15, -0.1) is 0 Å². The molecule has 6 aromatic rings. The van der Waals surface area contributed by atoms with Crippen LogP contribution in [0.15, 0.2) is 118 Å². The van der Waals surface area contributed by atoms with E-state index in [9.17, 15) is 31.2 Å². The highest BCUT2D eigenvalue weighted by molar-refractivity contribution is 7.87. The lowest BCUT2D eigenvalue weighted by atomic mass is 9.80. The zero-order valence-corrected chi connectivity index (χ0v) is 32.6. The molecule has 2 N–H and O–H groups in total. The van der Waals surface area contributed by atoms with Crippen LogP contribution in [0.4, 0.5) is 11.4 Å². The lowest BCUT2D eigenvalue weighted by molar-refractivity contribution is 0.102. The van der Waals surface area contributed by atoms with E-state index in [1.807, 2.05) is 20.8 Å². The molecule has 5 aromatic carbocycles. The van der Waals surface area contributed by atoms with E-state index in [1.54, 1.807) is 60.7 Å². The fourth-order valence-corrected chi connectivity index (χ4v) is 8.16. The average molecular weight is 793 g/mol. The standard InChI is InChI=1S/C42H36N2O10S2/c1-6-42(2,3)25-16-21-31(33(22-25)56(50,51)53-5)54-32-23-30(43-26-17-19-27(20-18-26)55(48,49)52-4)35-36-34(28-14-10-11-15-29(28)40(35)46)37(41(47)44-38(32)36)39(45)24-12-8-7-9-13-24/h7-23,43H,6H2,1-5H3,(H,44,47). The number of ketones is 2. The van der Waals surface area contributed by atoms with Crippen molar-refractivity contribution in [2.24, 2.45) is 0 Å². The minimum atomic E-state index is -4.36. The lowest BCUT2D eigenvalue weighted by Gasteiger charge is -2.26. The number of ether oxygens (including phenoxy) is 1. The molecule has 0 unspecified atom stereocenters. The van der Waals surface area contributed by atoms with Gasteiger partial charge in [0, 0.05) is 33.8 Å². The molecule has 1 heterocycles. The maximum atomic E-state index is 14.6.